The number of ether oxygens (including phenoxy) is 1. The van der Waals surface area contributed by atoms with Gasteiger partial charge in [0.15, 0.2) is 4.34 Å². The minimum absolute atomic E-state index is 0.0410. The van der Waals surface area contributed by atoms with Gasteiger partial charge in [-0.25, -0.2) is 8.42 Å². The lowest BCUT2D eigenvalue weighted by atomic mass is 10.3. The van der Waals surface area contributed by atoms with E-state index < -0.39 is 10.0 Å². The van der Waals surface area contributed by atoms with Gasteiger partial charge in [0, 0.05) is 25.3 Å². The molecule has 0 saturated heterocycles. The highest BCUT2D eigenvalue weighted by Crippen LogP contribution is 2.30. The smallest absolute Gasteiger partial charge is 0.246 e. The number of anilines is 2. The number of carbonyl (C=O) groups excluding carboxylic acids is 1. The molecule has 0 unspecified atom stereocenters. The summed E-state index contributed by atoms with van der Waals surface area (Å²) in [4.78, 5) is 12.4. The van der Waals surface area contributed by atoms with Crippen LogP contribution in [-0.4, -0.2) is 60.8 Å². The lowest BCUT2D eigenvalue weighted by Crippen LogP contribution is -2.31. The number of carbonyl (C=O) groups is 1. The Bertz CT molecular complexity index is 961. The molecular formula is C19H29N5O4S3. The first-order chi connectivity index (χ1) is 14.8. The van der Waals surface area contributed by atoms with Crippen molar-refractivity contribution in [2.24, 2.45) is 0 Å². The van der Waals surface area contributed by atoms with Crippen LogP contribution in [0.15, 0.2) is 27.4 Å². The number of hydrogen-bond donors (Lipinski definition) is 2. The quantitative estimate of drug-likeness (QED) is 0.413. The normalized spacial score (nSPS) is 11.5. The van der Waals surface area contributed by atoms with Gasteiger partial charge >= 0.3 is 0 Å². The van der Waals surface area contributed by atoms with Gasteiger partial charge in [-0.15, -0.1) is 10.2 Å². The number of sulfonamides is 1. The monoisotopic (exact) mass is 487 g/mol. The van der Waals surface area contributed by atoms with Crippen molar-refractivity contribution in [2.75, 3.05) is 42.6 Å². The topological polar surface area (TPSA) is 114 Å². The standard InChI is InChI=1S/C19H29N5O4S3/c1-5-11-20-18-22-23-19(30-18)29-13-17(25)21-14-9-10-15(28-8-4)16(12-14)31(26,27)24(6-2)7-3/h9-10,12H,5-8,11,13H2,1-4H3,(H,20,22)(H,21,25). The second-order valence-electron chi connectivity index (χ2n) is 6.32. The van der Waals surface area contributed by atoms with Gasteiger partial charge in [0.25, 0.3) is 0 Å². The number of nitrogens with one attached hydrogen (secondary N) is 2. The highest BCUT2D eigenvalue weighted by molar-refractivity contribution is 8.01. The fourth-order valence-corrected chi connectivity index (χ4v) is 5.85. The largest absolute Gasteiger partial charge is 0.492 e. The van der Waals surface area contributed by atoms with E-state index in [4.69, 9.17) is 4.74 Å². The van der Waals surface area contributed by atoms with Crippen LogP contribution in [0.1, 0.15) is 34.1 Å². The Kier molecular flexibility index (Phi) is 10.0. The van der Waals surface area contributed by atoms with Crippen molar-refractivity contribution >= 4 is 49.8 Å². The molecule has 0 radical (unpaired) electrons. The zero-order chi connectivity index (χ0) is 22.9. The summed E-state index contributed by atoms with van der Waals surface area (Å²) in [5.74, 6) is 0.134. The number of nitrogens with zero attached hydrogens (tertiary/aromatic N) is 3. The highest BCUT2D eigenvalue weighted by Gasteiger charge is 2.26. The van der Waals surface area contributed by atoms with Crippen LogP contribution in [0.4, 0.5) is 10.8 Å². The molecule has 0 aliphatic heterocycles. The fourth-order valence-electron chi connectivity index (χ4n) is 2.66. The van der Waals surface area contributed by atoms with Crippen molar-refractivity contribution in [1.82, 2.24) is 14.5 Å². The molecule has 31 heavy (non-hydrogen) atoms. The van der Waals surface area contributed by atoms with E-state index in [9.17, 15) is 13.2 Å². The Morgan fingerprint density at radius 1 is 1.19 bits per heavy atom. The van der Waals surface area contributed by atoms with Crippen LogP contribution in [0, 0.1) is 0 Å². The van der Waals surface area contributed by atoms with E-state index >= 15 is 0 Å². The van der Waals surface area contributed by atoms with Crippen LogP contribution in [0.5, 0.6) is 5.75 Å². The molecule has 0 aliphatic rings. The maximum atomic E-state index is 13.0. The molecule has 1 amide bonds. The summed E-state index contributed by atoms with van der Waals surface area (Å²) in [5, 5.41) is 14.7. The molecule has 172 valence electrons. The summed E-state index contributed by atoms with van der Waals surface area (Å²) in [7, 11) is -3.74. The first kappa shape index (κ1) is 25.4. The zero-order valence-electron chi connectivity index (χ0n) is 18.2. The molecule has 0 spiro atoms. The molecule has 1 aromatic heterocycles. The van der Waals surface area contributed by atoms with Gasteiger partial charge in [0.2, 0.25) is 21.1 Å². The van der Waals surface area contributed by atoms with E-state index in [-0.39, 0.29) is 22.3 Å². The lowest BCUT2D eigenvalue weighted by Gasteiger charge is -2.21. The third-order valence-electron chi connectivity index (χ3n) is 4.11. The summed E-state index contributed by atoms with van der Waals surface area (Å²) in [5.41, 5.74) is 0.391. The van der Waals surface area contributed by atoms with Crippen LogP contribution >= 0.6 is 23.1 Å². The Hall–Kier alpha value is -1.89. The molecule has 0 bridgehead atoms. The van der Waals surface area contributed by atoms with E-state index in [2.05, 4.69) is 27.8 Å². The van der Waals surface area contributed by atoms with Crippen molar-refractivity contribution in [2.45, 2.75) is 43.4 Å². The van der Waals surface area contributed by atoms with Gasteiger partial charge in [-0.05, 0) is 31.5 Å². The molecule has 1 aromatic carbocycles. The molecule has 1 heterocycles. The SMILES string of the molecule is CCCNc1nnc(SCC(=O)Nc2ccc(OCC)c(S(=O)(=O)N(CC)CC)c2)s1. The third-order valence-corrected chi connectivity index (χ3v) is 8.20. The van der Waals surface area contributed by atoms with Crippen molar-refractivity contribution in [3.8, 4) is 5.75 Å². The summed E-state index contributed by atoms with van der Waals surface area (Å²) in [6.45, 7) is 9.24. The number of benzene rings is 1. The molecule has 2 N–H and O–H groups in total. The molecule has 0 aliphatic carbocycles. The summed E-state index contributed by atoms with van der Waals surface area (Å²) >= 11 is 2.67. The van der Waals surface area contributed by atoms with E-state index in [1.165, 1.54) is 33.5 Å². The van der Waals surface area contributed by atoms with Gasteiger partial charge in [-0.2, -0.15) is 4.31 Å². The maximum Gasteiger partial charge on any atom is 0.246 e. The number of amides is 1. The molecule has 9 nitrogen and oxygen atoms in total. The molecular weight excluding hydrogens is 458 g/mol. The second-order valence-corrected chi connectivity index (χ2v) is 10.4. The minimum Gasteiger partial charge on any atom is -0.492 e. The number of aromatic nitrogens is 2. The molecule has 0 fully saturated rings. The van der Waals surface area contributed by atoms with E-state index in [0.717, 1.165) is 18.1 Å². The van der Waals surface area contributed by atoms with E-state index in [1.54, 1.807) is 32.9 Å². The van der Waals surface area contributed by atoms with Gasteiger partial charge in [0.1, 0.15) is 10.6 Å². The summed E-state index contributed by atoms with van der Waals surface area (Å²) < 4.78 is 33.6. The van der Waals surface area contributed by atoms with Crippen LogP contribution in [0.25, 0.3) is 0 Å². The molecule has 2 aromatic rings. The van der Waals surface area contributed by atoms with E-state index in [0.29, 0.717) is 29.7 Å². The van der Waals surface area contributed by atoms with Gasteiger partial charge in [-0.3, -0.25) is 4.79 Å². The summed E-state index contributed by atoms with van der Waals surface area (Å²) in [6.07, 6.45) is 0.985. The third kappa shape index (κ3) is 7.06. The first-order valence-corrected chi connectivity index (χ1v) is 13.4. The average Bonchev–Trinajstić information content (AvgIpc) is 3.20. The van der Waals surface area contributed by atoms with Crippen molar-refractivity contribution in [3.63, 3.8) is 0 Å². The fraction of sp³-hybridized carbons (Fsp3) is 0.526. The van der Waals surface area contributed by atoms with Gasteiger partial charge in [-0.1, -0.05) is 43.9 Å². The number of hydrogen-bond acceptors (Lipinski definition) is 9. The Labute approximate surface area is 192 Å². The molecule has 0 saturated carbocycles. The van der Waals surface area contributed by atoms with Crippen molar-refractivity contribution < 1.29 is 17.9 Å². The lowest BCUT2D eigenvalue weighted by molar-refractivity contribution is -0.113. The highest BCUT2D eigenvalue weighted by atomic mass is 32.2. The predicted molar refractivity (Wildman–Crippen MR) is 126 cm³/mol. The average molecular weight is 488 g/mol. The Morgan fingerprint density at radius 2 is 1.94 bits per heavy atom. The Balaban J connectivity index is 2.10. The van der Waals surface area contributed by atoms with Crippen LogP contribution < -0.4 is 15.4 Å². The van der Waals surface area contributed by atoms with Crippen molar-refractivity contribution in [3.05, 3.63) is 18.2 Å². The second kappa shape index (κ2) is 12.2. The van der Waals surface area contributed by atoms with Gasteiger partial charge in [0.05, 0.1) is 12.4 Å². The number of rotatable bonds is 13. The number of thioether (sulfide) groups is 1. The van der Waals surface area contributed by atoms with Gasteiger partial charge < -0.3 is 15.4 Å². The van der Waals surface area contributed by atoms with Crippen molar-refractivity contribution in [1.29, 1.82) is 0 Å². The first-order valence-electron chi connectivity index (χ1n) is 10.1. The molecule has 2 rings (SSSR count). The zero-order valence-corrected chi connectivity index (χ0v) is 20.6. The maximum absolute atomic E-state index is 13.0. The van der Waals surface area contributed by atoms with Crippen LogP contribution in [0.2, 0.25) is 0 Å². The molecule has 0 atom stereocenters. The Morgan fingerprint density at radius 3 is 2.58 bits per heavy atom. The summed E-state index contributed by atoms with van der Waals surface area (Å²) in [6, 6.07) is 4.64. The predicted octanol–water partition coefficient (Wildman–Crippen LogP) is 3.52. The molecule has 12 heteroatoms. The van der Waals surface area contributed by atoms with E-state index in [1.807, 2.05) is 0 Å². The minimum atomic E-state index is -3.74. The van der Waals surface area contributed by atoms with Crippen LogP contribution in [0.3, 0.4) is 0 Å². The van der Waals surface area contributed by atoms with Crippen LogP contribution in [-0.2, 0) is 14.8 Å².